The van der Waals surface area contributed by atoms with Gasteiger partial charge in [-0.1, -0.05) is 88.1 Å². The SMILES string of the molecule is CCCCCCCc1ccc(-c2ccc(-c3ccc(OCCC)cc3)c(C#N)c2C#N)cc1. The number of hydrogen-bond acceptors (Lipinski definition) is 3. The van der Waals surface area contributed by atoms with E-state index < -0.39 is 0 Å². The number of rotatable bonds is 11. The number of aryl methyl sites for hydroxylation is 1. The van der Waals surface area contributed by atoms with E-state index in [0.29, 0.717) is 17.7 Å². The minimum atomic E-state index is 0.414. The normalized spacial score (nSPS) is 10.4. The van der Waals surface area contributed by atoms with E-state index in [1.807, 2.05) is 36.4 Å². The minimum absolute atomic E-state index is 0.414. The van der Waals surface area contributed by atoms with Gasteiger partial charge in [-0.3, -0.25) is 0 Å². The lowest BCUT2D eigenvalue weighted by atomic mass is 9.90. The lowest BCUT2D eigenvalue weighted by Crippen LogP contribution is -1.96. The van der Waals surface area contributed by atoms with Gasteiger partial charge in [0, 0.05) is 11.1 Å². The van der Waals surface area contributed by atoms with Crippen LogP contribution in [-0.4, -0.2) is 6.61 Å². The van der Waals surface area contributed by atoms with Crippen molar-refractivity contribution in [3.05, 3.63) is 77.4 Å². The predicted octanol–water partition coefficient (Wildman–Crippen LogP) is 8.07. The molecule has 0 N–H and O–H groups in total. The highest BCUT2D eigenvalue weighted by Crippen LogP contribution is 2.34. The van der Waals surface area contributed by atoms with Gasteiger partial charge in [-0.05, 0) is 48.1 Å². The van der Waals surface area contributed by atoms with Crippen LogP contribution in [0.3, 0.4) is 0 Å². The first-order chi connectivity index (χ1) is 16.2. The Morgan fingerprint density at radius 3 is 1.70 bits per heavy atom. The monoisotopic (exact) mass is 436 g/mol. The van der Waals surface area contributed by atoms with Crippen LogP contribution in [0, 0.1) is 22.7 Å². The number of nitriles is 2. The van der Waals surface area contributed by atoms with E-state index in [9.17, 15) is 10.5 Å². The van der Waals surface area contributed by atoms with Crippen molar-refractivity contribution >= 4 is 0 Å². The van der Waals surface area contributed by atoms with Crippen molar-refractivity contribution in [3.8, 4) is 40.1 Å². The third kappa shape index (κ3) is 6.24. The number of unbranched alkanes of at least 4 members (excludes halogenated alkanes) is 4. The summed E-state index contributed by atoms with van der Waals surface area (Å²) >= 11 is 0. The first-order valence-corrected chi connectivity index (χ1v) is 12.0. The topological polar surface area (TPSA) is 56.8 Å². The first kappa shape index (κ1) is 24.1. The van der Waals surface area contributed by atoms with E-state index >= 15 is 0 Å². The van der Waals surface area contributed by atoms with Gasteiger partial charge < -0.3 is 4.74 Å². The zero-order valence-electron chi connectivity index (χ0n) is 19.7. The van der Waals surface area contributed by atoms with E-state index in [1.54, 1.807) is 0 Å². The molecule has 33 heavy (non-hydrogen) atoms. The summed E-state index contributed by atoms with van der Waals surface area (Å²) in [6, 6.07) is 24.6. The molecule has 3 rings (SSSR count). The van der Waals surface area contributed by atoms with Gasteiger partial charge in [0.25, 0.3) is 0 Å². The molecule has 168 valence electrons. The van der Waals surface area contributed by atoms with Crippen LogP contribution in [0.2, 0.25) is 0 Å². The summed E-state index contributed by atoms with van der Waals surface area (Å²) in [6.07, 6.45) is 8.38. The molecule has 0 saturated carbocycles. The van der Waals surface area contributed by atoms with Crippen molar-refractivity contribution in [3.63, 3.8) is 0 Å². The number of ether oxygens (including phenoxy) is 1. The molecule has 0 atom stereocenters. The van der Waals surface area contributed by atoms with Crippen molar-refractivity contribution in [2.75, 3.05) is 6.61 Å². The molecule has 0 radical (unpaired) electrons. The molecule has 3 aromatic carbocycles. The van der Waals surface area contributed by atoms with Crippen molar-refractivity contribution in [1.29, 1.82) is 10.5 Å². The van der Waals surface area contributed by atoms with Crippen molar-refractivity contribution in [1.82, 2.24) is 0 Å². The predicted molar refractivity (Wildman–Crippen MR) is 135 cm³/mol. The van der Waals surface area contributed by atoms with Gasteiger partial charge in [-0.25, -0.2) is 0 Å². The van der Waals surface area contributed by atoms with E-state index in [0.717, 1.165) is 40.8 Å². The molecule has 0 fully saturated rings. The van der Waals surface area contributed by atoms with Crippen LogP contribution in [0.15, 0.2) is 60.7 Å². The molecular formula is C30H32N2O. The molecule has 3 heteroatoms. The van der Waals surface area contributed by atoms with E-state index in [-0.39, 0.29) is 0 Å². The van der Waals surface area contributed by atoms with Crippen LogP contribution in [0.4, 0.5) is 0 Å². The molecule has 3 nitrogen and oxygen atoms in total. The Kier molecular flexibility index (Phi) is 9.10. The zero-order valence-corrected chi connectivity index (χ0v) is 19.7. The van der Waals surface area contributed by atoms with Gasteiger partial charge in [0.1, 0.15) is 17.9 Å². The van der Waals surface area contributed by atoms with E-state index in [4.69, 9.17) is 4.74 Å². The summed E-state index contributed by atoms with van der Waals surface area (Å²) in [5.41, 5.74) is 5.59. The van der Waals surface area contributed by atoms with Gasteiger partial charge >= 0.3 is 0 Å². The van der Waals surface area contributed by atoms with Gasteiger partial charge in [-0.15, -0.1) is 0 Å². The maximum Gasteiger partial charge on any atom is 0.119 e. The second kappa shape index (κ2) is 12.5. The molecule has 0 bridgehead atoms. The van der Waals surface area contributed by atoms with Crippen LogP contribution < -0.4 is 4.74 Å². The van der Waals surface area contributed by atoms with Gasteiger partial charge in [0.15, 0.2) is 0 Å². The molecule has 0 aromatic heterocycles. The van der Waals surface area contributed by atoms with Gasteiger partial charge in [0.05, 0.1) is 17.7 Å². The fourth-order valence-corrected chi connectivity index (χ4v) is 4.05. The maximum absolute atomic E-state index is 9.92. The van der Waals surface area contributed by atoms with Crippen molar-refractivity contribution in [2.45, 2.75) is 58.8 Å². The summed E-state index contributed by atoms with van der Waals surface area (Å²) in [5.74, 6) is 0.807. The first-order valence-electron chi connectivity index (χ1n) is 12.0. The van der Waals surface area contributed by atoms with Gasteiger partial charge in [-0.2, -0.15) is 10.5 Å². The fourth-order valence-electron chi connectivity index (χ4n) is 4.05. The molecule has 0 aliphatic carbocycles. The summed E-state index contributed by atoms with van der Waals surface area (Å²) in [6.45, 7) is 4.98. The molecule has 0 unspecified atom stereocenters. The molecule has 0 spiro atoms. The molecule has 0 aliphatic rings. The van der Waals surface area contributed by atoms with Crippen LogP contribution in [0.1, 0.15) is 69.1 Å². The Morgan fingerprint density at radius 1 is 0.636 bits per heavy atom. The molecular weight excluding hydrogens is 404 g/mol. The Labute approximate surface area is 198 Å². The highest BCUT2D eigenvalue weighted by atomic mass is 16.5. The average Bonchev–Trinajstić information content (AvgIpc) is 2.87. The average molecular weight is 437 g/mol. The number of benzene rings is 3. The third-order valence-corrected chi connectivity index (χ3v) is 5.90. The van der Waals surface area contributed by atoms with Crippen LogP contribution in [0.25, 0.3) is 22.3 Å². The molecule has 0 amide bonds. The van der Waals surface area contributed by atoms with Gasteiger partial charge in [0.2, 0.25) is 0 Å². The van der Waals surface area contributed by atoms with Crippen LogP contribution in [-0.2, 0) is 6.42 Å². The lowest BCUT2D eigenvalue weighted by Gasteiger charge is -2.12. The highest BCUT2D eigenvalue weighted by molar-refractivity contribution is 5.82. The zero-order chi connectivity index (χ0) is 23.5. The second-order valence-electron chi connectivity index (χ2n) is 8.37. The largest absolute Gasteiger partial charge is 0.494 e. The molecule has 0 heterocycles. The highest BCUT2D eigenvalue weighted by Gasteiger charge is 2.16. The Hall–Kier alpha value is -3.56. The van der Waals surface area contributed by atoms with Crippen molar-refractivity contribution < 1.29 is 4.74 Å². The van der Waals surface area contributed by atoms with Crippen LogP contribution >= 0.6 is 0 Å². The third-order valence-electron chi connectivity index (χ3n) is 5.90. The summed E-state index contributed by atoms with van der Waals surface area (Å²) < 4.78 is 5.66. The summed E-state index contributed by atoms with van der Waals surface area (Å²) in [7, 11) is 0. The maximum atomic E-state index is 9.92. The number of hydrogen-bond donors (Lipinski definition) is 0. The Bertz CT molecular complexity index is 1120. The molecule has 0 aliphatic heterocycles. The second-order valence-corrected chi connectivity index (χ2v) is 8.37. The fraction of sp³-hybridized carbons (Fsp3) is 0.333. The standard InChI is InChI=1S/C30H32N2O/c1-3-5-6-7-8-9-23-10-12-24(13-11-23)27-18-19-28(30(22-32)29(27)21-31)25-14-16-26(17-15-25)33-20-4-2/h10-19H,3-9,20H2,1-2H3. The van der Waals surface area contributed by atoms with Crippen LogP contribution in [0.5, 0.6) is 5.75 Å². The summed E-state index contributed by atoms with van der Waals surface area (Å²) in [4.78, 5) is 0. The van der Waals surface area contributed by atoms with E-state index in [1.165, 1.54) is 37.7 Å². The van der Waals surface area contributed by atoms with E-state index in [2.05, 4.69) is 50.3 Å². The lowest BCUT2D eigenvalue weighted by molar-refractivity contribution is 0.317. The molecule has 0 saturated heterocycles. The minimum Gasteiger partial charge on any atom is -0.494 e. The number of nitrogens with zero attached hydrogens (tertiary/aromatic N) is 2. The molecule has 3 aromatic rings. The summed E-state index contributed by atoms with van der Waals surface area (Å²) in [5, 5.41) is 19.8. The Morgan fingerprint density at radius 2 is 1.18 bits per heavy atom. The quantitative estimate of drug-likeness (QED) is 0.286. The smallest absolute Gasteiger partial charge is 0.119 e. The van der Waals surface area contributed by atoms with Crippen molar-refractivity contribution in [2.24, 2.45) is 0 Å². The Balaban J connectivity index is 1.83.